The fourth-order valence-electron chi connectivity index (χ4n) is 1.87. The molecule has 0 fully saturated rings. The van der Waals surface area contributed by atoms with Crippen LogP contribution in [-0.2, 0) is 6.54 Å². The average molecular weight is 331 g/mol. The van der Waals surface area contributed by atoms with Crippen LogP contribution in [0.3, 0.4) is 0 Å². The summed E-state index contributed by atoms with van der Waals surface area (Å²) in [4.78, 5) is 20.2. The van der Waals surface area contributed by atoms with Gasteiger partial charge in [0.05, 0.1) is 17.8 Å². The van der Waals surface area contributed by atoms with Crippen LogP contribution in [0.4, 0.5) is 0 Å². The maximum atomic E-state index is 11.9. The molecule has 0 atom stereocenters. The highest BCUT2D eigenvalue weighted by molar-refractivity contribution is 9.10. The maximum Gasteiger partial charge on any atom is 0.253 e. The summed E-state index contributed by atoms with van der Waals surface area (Å²) in [5.74, 6) is -0.156. The molecule has 3 heterocycles. The monoisotopic (exact) mass is 330 g/mol. The van der Waals surface area contributed by atoms with Crippen LogP contribution < -0.4 is 5.32 Å². The number of rotatable bonds is 3. The number of pyridine rings is 2. The highest BCUT2D eigenvalue weighted by Crippen LogP contribution is 2.12. The van der Waals surface area contributed by atoms with Gasteiger partial charge < -0.3 is 9.72 Å². The van der Waals surface area contributed by atoms with E-state index in [-0.39, 0.29) is 5.91 Å². The SMILES string of the molecule is O=C(NCc1cn2cc(Br)ccc2n1)c1cccnc1. The van der Waals surface area contributed by atoms with Gasteiger partial charge in [0.1, 0.15) is 5.65 Å². The molecule has 100 valence electrons. The molecule has 0 spiro atoms. The van der Waals surface area contributed by atoms with Gasteiger partial charge in [-0.15, -0.1) is 0 Å². The Morgan fingerprint density at radius 1 is 1.30 bits per heavy atom. The summed E-state index contributed by atoms with van der Waals surface area (Å²) in [6.07, 6.45) is 6.99. The topological polar surface area (TPSA) is 59.3 Å². The van der Waals surface area contributed by atoms with E-state index in [1.165, 1.54) is 6.20 Å². The van der Waals surface area contributed by atoms with E-state index in [9.17, 15) is 4.79 Å². The number of amides is 1. The smallest absolute Gasteiger partial charge is 0.253 e. The molecule has 0 aliphatic carbocycles. The largest absolute Gasteiger partial charge is 0.346 e. The third-order valence-corrected chi connectivity index (χ3v) is 3.29. The van der Waals surface area contributed by atoms with Gasteiger partial charge in [-0.25, -0.2) is 4.98 Å². The first-order chi connectivity index (χ1) is 9.72. The van der Waals surface area contributed by atoms with Crippen molar-refractivity contribution in [3.05, 3.63) is 64.8 Å². The average Bonchev–Trinajstić information content (AvgIpc) is 2.87. The van der Waals surface area contributed by atoms with Crippen molar-refractivity contribution in [1.82, 2.24) is 19.7 Å². The van der Waals surface area contributed by atoms with Crippen LogP contribution in [0.2, 0.25) is 0 Å². The molecule has 0 bridgehead atoms. The molecule has 0 aromatic carbocycles. The summed E-state index contributed by atoms with van der Waals surface area (Å²) in [6.45, 7) is 0.382. The number of carbonyl (C=O) groups is 1. The second-order valence-electron chi connectivity index (χ2n) is 4.27. The van der Waals surface area contributed by atoms with Crippen LogP contribution in [0.25, 0.3) is 5.65 Å². The van der Waals surface area contributed by atoms with E-state index >= 15 is 0 Å². The van der Waals surface area contributed by atoms with Crippen LogP contribution >= 0.6 is 15.9 Å². The molecule has 0 saturated carbocycles. The van der Waals surface area contributed by atoms with Gasteiger partial charge in [-0.05, 0) is 40.2 Å². The van der Waals surface area contributed by atoms with Crippen LogP contribution in [-0.4, -0.2) is 20.3 Å². The summed E-state index contributed by atoms with van der Waals surface area (Å²) in [7, 11) is 0. The number of hydrogen-bond acceptors (Lipinski definition) is 3. The first-order valence-electron chi connectivity index (χ1n) is 6.04. The number of fused-ring (bicyclic) bond motifs is 1. The van der Waals surface area contributed by atoms with Gasteiger partial charge in [0.25, 0.3) is 5.91 Å². The van der Waals surface area contributed by atoms with E-state index in [1.807, 2.05) is 28.9 Å². The zero-order chi connectivity index (χ0) is 13.9. The molecule has 20 heavy (non-hydrogen) atoms. The maximum absolute atomic E-state index is 11.9. The fraction of sp³-hybridized carbons (Fsp3) is 0.0714. The quantitative estimate of drug-likeness (QED) is 0.802. The van der Waals surface area contributed by atoms with Crippen molar-refractivity contribution in [3.63, 3.8) is 0 Å². The first kappa shape index (κ1) is 12.8. The van der Waals surface area contributed by atoms with Crippen molar-refractivity contribution in [1.29, 1.82) is 0 Å². The summed E-state index contributed by atoms with van der Waals surface area (Å²) >= 11 is 3.41. The third kappa shape index (κ3) is 2.70. The van der Waals surface area contributed by atoms with Gasteiger partial charge in [0, 0.05) is 29.3 Å². The number of nitrogens with zero attached hydrogens (tertiary/aromatic N) is 3. The lowest BCUT2D eigenvalue weighted by molar-refractivity contribution is 0.0950. The molecule has 0 aliphatic heterocycles. The van der Waals surface area contributed by atoms with Crippen molar-refractivity contribution in [3.8, 4) is 0 Å². The molecule has 6 heteroatoms. The normalized spacial score (nSPS) is 10.7. The lowest BCUT2D eigenvalue weighted by Crippen LogP contribution is -2.22. The van der Waals surface area contributed by atoms with Crippen molar-refractivity contribution < 1.29 is 4.79 Å². The van der Waals surface area contributed by atoms with E-state index in [4.69, 9.17) is 0 Å². The predicted octanol–water partition coefficient (Wildman–Crippen LogP) is 2.42. The number of nitrogens with one attached hydrogen (secondary N) is 1. The summed E-state index contributed by atoms with van der Waals surface area (Å²) in [6, 6.07) is 7.30. The Morgan fingerprint density at radius 2 is 2.20 bits per heavy atom. The van der Waals surface area contributed by atoms with Crippen molar-refractivity contribution in [2.75, 3.05) is 0 Å². The Hall–Kier alpha value is -2.21. The van der Waals surface area contributed by atoms with Gasteiger partial charge in [-0.1, -0.05) is 0 Å². The van der Waals surface area contributed by atoms with E-state index in [2.05, 4.69) is 31.2 Å². The fourth-order valence-corrected chi connectivity index (χ4v) is 2.23. The molecule has 3 rings (SSSR count). The first-order valence-corrected chi connectivity index (χ1v) is 6.83. The standard InChI is InChI=1S/C14H11BrN4O/c15-11-3-4-13-18-12(9-19(13)8-11)7-17-14(20)10-2-1-5-16-6-10/h1-6,8-9H,7H2,(H,17,20). The van der Waals surface area contributed by atoms with Gasteiger partial charge in [0.2, 0.25) is 0 Å². The second kappa shape index (κ2) is 5.42. The molecule has 0 unspecified atom stereocenters. The molecule has 5 nitrogen and oxygen atoms in total. The number of carbonyl (C=O) groups excluding carboxylic acids is 1. The Kier molecular flexibility index (Phi) is 3.47. The van der Waals surface area contributed by atoms with Gasteiger partial charge >= 0.3 is 0 Å². The lowest BCUT2D eigenvalue weighted by atomic mass is 10.2. The van der Waals surface area contributed by atoms with E-state index in [0.717, 1.165) is 15.8 Å². The number of aromatic nitrogens is 3. The van der Waals surface area contributed by atoms with E-state index in [1.54, 1.807) is 18.3 Å². The number of imidazole rings is 1. The van der Waals surface area contributed by atoms with E-state index in [0.29, 0.717) is 12.1 Å². The van der Waals surface area contributed by atoms with Crippen molar-refractivity contribution in [2.24, 2.45) is 0 Å². The summed E-state index contributed by atoms with van der Waals surface area (Å²) < 4.78 is 2.89. The molecule has 0 radical (unpaired) electrons. The Morgan fingerprint density at radius 3 is 3.00 bits per heavy atom. The molecule has 3 aromatic rings. The minimum Gasteiger partial charge on any atom is -0.346 e. The second-order valence-corrected chi connectivity index (χ2v) is 5.19. The van der Waals surface area contributed by atoms with Gasteiger partial charge in [-0.2, -0.15) is 0 Å². The molecule has 0 saturated heterocycles. The lowest BCUT2D eigenvalue weighted by Gasteiger charge is -2.01. The minimum atomic E-state index is -0.156. The Labute approximate surface area is 123 Å². The van der Waals surface area contributed by atoms with Gasteiger partial charge in [0.15, 0.2) is 0 Å². The van der Waals surface area contributed by atoms with Crippen LogP contribution in [0.5, 0.6) is 0 Å². The summed E-state index contributed by atoms with van der Waals surface area (Å²) in [5, 5.41) is 2.82. The van der Waals surface area contributed by atoms with Crippen LogP contribution in [0.15, 0.2) is 53.5 Å². The molecular weight excluding hydrogens is 320 g/mol. The van der Waals surface area contributed by atoms with Gasteiger partial charge in [-0.3, -0.25) is 9.78 Å². The zero-order valence-electron chi connectivity index (χ0n) is 10.5. The van der Waals surface area contributed by atoms with Crippen LogP contribution in [0, 0.1) is 0 Å². The van der Waals surface area contributed by atoms with Crippen molar-refractivity contribution in [2.45, 2.75) is 6.54 Å². The van der Waals surface area contributed by atoms with Crippen LogP contribution in [0.1, 0.15) is 16.1 Å². The highest BCUT2D eigenvalue weighted by atomic mass is 79.9. The molecule has 3 aromatic heterocycles. The number of hydrogen-bond donors (Lipinski definition) is 1. The zero-order valence-corrected chi connectivity index (χ0v) is 12.0. The predicted molar refractivity (Wildman–Crippen MR) is 78.3 cm³/mol. The summed E-state index contributed by atoms with van der Waals surface area (Å²) in [5.41, 5.74) is 2.19. The molecular formula is C14H11BrN4O. The van der Waals surface area contributed by atoms with E-state index < -0.39 is 0 Å². The van der Waals surface area contributed by atoms with Crippen molar-refractivity contribution >= 4 is 27.5 Å². The number of halogens is 1. The molecule has 1 amide bonds. The molecule has 0 aliphatic rings. The third-order valence-electron chi connectivity index (χ3n) is 2.82. The minimum absolute atomic E-state index is 0.156. The Bertz CT molecular complexity index is 754. The highest BCUT2D eigenvalue weighted by Gasteiger charge is 2.07. The Balaban J connectivity index is 1.72. The molecule has 1 N–H and O–H groups in total.